The van der Waals surface area contributed by atoms with Crippen LogP contribution in [0.5, 0.6) is 5.75 Å². The van der Waals surface area contributed by atoms with Crippen LogP contribution < -0.4 is 15.8 Å². The van der Waals surface area contributed by atoms with Crippen LogP contribution in [0.1, 0.15) is 24.2 Å². The fourth-order valence-electron chi connectivity index (χ4n) is 1.31. The molecule has 88 valence electrons. The Labute approximate surface area is 95.8 Å². The second-order valence-corrected chi connectivity index (χ2v) is 4.05. The summed E-state index contributed by atoms with van der Waals surface area (Å²) in [5.41, 5.74) is 6.50. The van der Waals surface area contributed by atoms with Gasteiger partial charge < -0.3 is 15.8 Å². The number of benzene rings is 1. The van der Waals surface area contributed by atoms with Crippen LogP contribution in [0.4, 0.5) is 5.69 Å². The quantitative estimate of drug-likeness (QED) is 0.799. The number of rotatable bonds is 5. The molecule has 1 amide bonds. The average Bonchev–Trinajstić information content (AvgIpc) is 2.25. The van der Waals surface area contributed by atoms with Crippen molar-refractivity contribution in [3.63, 3.8) is 0 Å². The van der Waals surface area contributed by atoms with E-state index in [1.54, 1.807) is 25.3 Å². The molecule has 0 unspecified atom stereocenters. The van der Waals surface area contributed by atoms with Crippen LogP contribution in [-0.2, 0) is 0 Å². The molecule has 1 aromatic carbocycles. The molecule has 0 spiro atoms. The molecule has 0 aromatic heterocycles. The summed E-state index contributed by atoms with van der Waals surface area (Å²) in [5.74, 6) is 0.794. The van der Waals surface area contributed by atoms with Crippen LogP contribution in [-0.4, -0.2) is 19.6 Å². The molecule has 0 fully saturated rings. The first-order valence-corrected chi connectivity index (χ1v) is 5.26. The zero-order valence-electron chi connectivity index (χ0n) is 9.91. The van der Waals surface area contributed by atoms with E-state index < -0.39 is 5.91 Å². The van der Waals surface area contributed by atoms with E-state index in [1.807, 2.05) is 0 Å². The van der Waals surface area contributed by atoms with Crippen molar-refractivity contribution in [2.75, 3.05) is 19.0 Å². The maximum Gasteiger partial charge on any atom is 0.248 e. The number of ether oxygens (including phenoxy) is 1. The van der Waals surface area contributed by atoms with Gasteiger partial charge in [-0.05, 0) is 24.1 Å². The molecule has 0 aliphatic rings. The number of primary amides is 1. The number of carbonyl (C=O) groups is 1. The number of anilines is 1. The van der Waals surface area contributed by atoms with E-state index in [4.69, 9.17) is 10.5 Å². The molecule has 0 radical (unpaired) electrons. The van der Waals surface area contributed by atoms with Crippen LogP contribution in [0.25, 0.3) is 0 Å². The van der Waals surface area contributed by atoms with Crippen molar-refractivity contribution in [2.24, 2.45) is 11.7 Å². The molecular formula is C12H18N2O2. The molecule has 1 aromatic rings. The van der Waals surface area contributed by atoms with Gasteiger partial charge in [-0.15, -0.1) is 0 Å². The lowest BCUT2D eigenvalue weighted by Crippen LogP contribution is -2.13. The standard InChI is InChI=1S/C12H18N2O2/c1-8(2)7-14-10-6-9(12(13)15)4-5-11(10)16-3/h4-6,8,14H,7H2,1-3H3,(H2,13,15). The summed E-state index contributed by atoms with van der Waals surface area (Å²) in [6, 6.07) is 5.11. The van der Waals surface area contributed by atoms with Crippen molar-refractivity contribution in [1.82, 2.24) is 0 Å². The molecule has 16 heavy (non-hydrogen) atoms. The lowest BCUT2D eigenvalue weighted by atomic mass is 10.1. The summed E-state index contributed by atoms with van der Waals surface area (Å²) in [4.78, 5) is 11.0. The van der Waals surface area contributed by atoms with Gasteiger partial charge >= 0.3 is 0 Å². The Kier molecular flexibility index (Phi) is 4.17. The fraction of sp³-hybridized carbons (Fsp3) is 0.417. The topological polar surface area (TPSA) is 64.3 Å². The second-order valence-electron chi connectivity index (χ2n) is 4.05. The lowest BCUT2D eigenvalue weighted by Gasteiger charge is -2.13. The average molecular weight is 222 g/mol. The maximum atomic E-state index is 11.0. The van der Waals surface area contributed by atoms with E-state index in [0.717, 1.165) is 12.2 Å². The predicted octanol–water partition coefficient (Wildman–Crippen LogP) is 1.86. The molecular weight excluding hydrogens is 204 g/mol. The van der Waals surface area contributed by atoms with Gasteiger partial charge in [0.1, 0.15) is 5.75 Å². The Morgan fingerprint density at radius 1 is 1.50 bits per heavy atom. The highest BCUT2D eigenvalue weighted by molar-refractivity contribution is 5.94. The molecule has 3 N–H and O–H groups in total. The maximum absolute atomic E-state index is 11.0. The predicted molar refractivity (Wildman–Crippen MR) is 64.8 cm³/mol. The number of nitrogens with two attached hydrogens (primary N) is 1. The van der Waals surface area contributed by atoms with Crippen molar-refractivity contribution in [1.29, 1.82) is 0 Å². The molecule has 0 atom stereocenters. The fourth-order valence-corrected chi connectivity index (χ4v) is 1.31. The molecule has 4 heteroatoms. The number of amides is 1. The zero-order chi connectivity index (χ0) is 12.1. The van der Waals surface area contributed by atoms with E-state index in [2.05, 4.69) is 19.2 Å². The third-order valence-electron chi connectivity index (χ3n) is 2.18. The van der Waals surface area contributed by atoms with E-state index >= 15 is 0 Å². The highest BCUT2D eigenvalue weighted by Crippen LogP contribution is 2.25. The van der Waals surface area contributed by atoms with E-state index in [1.165, 1.54) is 0 Å². The first-order valence-electron chi connectivity index (χ1n) is 5.26. The highest BCUT2D eigenvalue weighted by atomic mass is 16.5. The lowest BCUT2D eigenvalue weighted by molar-refractivity contribution is 0.100. The first-order chi connectivity index (χ1) is 7.54. The van der Waals surface area contributed by atoms with Crippen LogP contribution in [0.15, 0.2) is 18.2 Å². The molecule has 0 aliphatic heterocycles. The highest BCUT2D eigenvalue weighted by Gasteiger charge is 2.07. The van der Waals surface area contributed by atoms with Crippen LogP contribution >= 0.6 is 0 Å². The summed E-state index contributed by atoms with van der Waals surface area (Å²) in [6.45, 7) is 5.04. The molecule has 0 aliphatic carbocycles. The summed E-state index contributed by atoms with van der Waals surface area (Å²) < 4.78 is 5.20. The van der Waals surface area contributed by atoms with Crippen molar-refractivity contribution >= 4 is 11.6 Å². The van der Waals surface area contributed by atoms with Crippen molar-refractivity contribution in [3.8, 4) is 5.75 Å². The normalized spacial score (nSPS) is 10.2. The third kappa shape index (κ3) is 3.15. The molecule has 0 saturated carbocycles. The van der Waals surface area contributed by atoms with Gasteiger partial charge in [0.25, 0.3) is 0 Å². The molecule has 1 rings (SSSR count). The zero-order valence-corrected chi connectivity index (χ0v) is 9.91. The van der Waals surface area contributed by atoms with Gasteiger partial charge in [-0.1, -0.05) is 13.8 Å². The van der Waals surface area contributed by atoms with E-state index in [-0.39, 0.29) is 0 Å². The Morgan fingerprint density at radius 3 is 2.69 bits per heavy atom. The summed E-state index contributed by atoms with van der Waals surface area (Å²) in [6.07, 6.45) is 0. The van der Waals surface area contributed by atoms with Gasteiger partial charge in [0.15, 0.2) is 0 Å². The number of hydrogen-bond acceptors (Lipinski definition) is 3. The third-order valence-corrected chi connectivity index (χ3v) is 2.18. The summed E-state index contributed by atoms with van der Waals surface area (Å²) in [5, 5.41) is 3.23. The van der Waals surface area contributed by atoms with Crippen LogP contribution in [0.2, 0.25) is 0 Å². The number of hydrogen-bond donors (Lipinski definition) is 2. The minimum Gasteiger partial charge on any atom is -0.495 e. The number of methoxy groups -OCH3 is 1. The molecule has 0 heterocycles. The SMILES string of the molecule is COc1ccc(C(N)=O)cc1NCC(C)C. The second kappa shape index (κ2) is 5.39. The Balaban J connectivity index is 2.93. The smallest absolute Gasteiger partial charge is 0.248 e. The van der Waals surface area contributed by atoms with Crippen molar-refractivity contribution in [3.05, 3.63) is 23.8 Å². The van der Waals surface area contributed by atoms with Gasteiger partial charge in [-0.2, -0.15) is 0 Å². The van der Waals surface area contributed by atoms with Gasteiger partial charge in [-0.25, -0.2) is 0 Å². The monoisotopic (exact) mass is 222 g/mol. The van der Waals surface area contributed by atoms with Gasteiger partial charge in [0.2, 0.25) is 5.91 Å². The van der Waals surface area contributed by atoms with E-state index in [0.29, 0.717) is 17.2 Å². The van der Waals surface area contributed by atoms with Crippen molar-refractivity contribution < 1.29 is 9.53 Å². The minimum atomic E-state index is -0.435. The largest absolute Gasteiger partial charge is 0.495 e. The Bertz CT molecular complexity index is 375. The molecule has 0 bridgehead atoms. The number of carbonyl (C=O) groups excluding carboxylic acids is 1. The van der Waals surface area contributed by atoms with Crippen LogP contribution in [0.3, 0.4) is 0 Å². The van der Waals surface area contributed by atoms with Gasteiger partial charge in [-0.3, -0.25) is 4.79 Å². The molecule has 0 saturated heterocycles. The van der Waals surface area contributed by atoms with Gasteiger partial charge in [0, 0.05) is 12.1 Å². The van der Waals surface area contributed by atoms with Gasteiger partial charge in [0.05, 0.1) is 12.8 Å². The minimum absolute atomic E-state index is 0.435. The number of nitrogens with one attached hydrogen (secondary N) is 1. The Morgan fingerprint density at radius 2 is 2.19 bits per heavy atom. The van der Waals surface area contributed by atoms with Crippen molar-refractivity contribution in [2.45, 2.75) is 13.8 Å². The van der Waals surface area contributed by atoms with E-state index in [9.17, 15) is 4.79 Å². The summed E-state index contributed by atoms with van der Waals surface area (Å²) in [7, 11) is 1.60. The first kappa shape index (κ1) is 12.4. The summed E-state index contributed by atoms with van der Waals surface area (Å²) >= 11 is 0. The Hall–Kier alpha value is -1.71. The van der Waals surface area contributed by atoms with Crippen LogP contribution in [0, 0.1) is 5.92 Å². The molecule has 4 nitrogen and oxygen atoms in total.